The maximum Gasteiger partial charge on any atom is 0.181 e. The number of fused-ring (bicyclic) bond motifs is 1. The third-order valence-electron chi connectivity index (χ3n) is 5.56. The molecule has 0 atom stereocenters. The van der Waals surface area contributed by atoms with E-state index < -0.39 is 0 Å². The number of rotatable bonds is 1. The zero-order valence-electron chi connectivity index (χ0n) is 15.1. The van der Waals surface area contributed by atoms with E-state index in [2.05, 4.69) is 55.8 Å². The molecule has 136 valence electrons. The van der Waals surface area contributed by atoms with Crippen molar-refractivity contribution in [3.05, 3.63) is 41.0 Å². The zero-order valence-corrected chi connectivity index (χ0v) is 15.9. The molecule has 0 spiro atoms. The number of hydrogen-bond acceptors (Lipinski definition) is 5. The SMILES string of the molecule is C1=CC(=[N+]2CCNCC2)CC2=C1Nc1ccc(N3CCNCC3)cc1S2. The molecule has 1 aromatic carbocycles. The largest absolute Gasteiger partial charge is 0.369 e. The minimum Gasteiger partial charge on any atom is -0.369 e. The van der Waals surface area contributed by atoms with Gasteiger partial charge in [-0.1, -0.05) is 11.8 Å². The van der Waals surface area contributed by atoms with Crippen LogP contribution in [-0.2, 0) is 0 Å². The van der Waals surface area contributed by atoms with E-state index in [0.29, 0.717) is 0 Å². The van der Waals surface area contributed by atoms with Gasteiger partial charge in [-0.25, -0.2) is 4.58 Å². The van der Waals surface area contributed by atoms with Crippen molar-refractivity contribution in [1.82, 2.24) is 10.6 Å². The van der Waals surface area contributed by atoms with Crippen molar-refractivity contribution in [1.29, 1.82) is 0 Å². The van der Waals surface area contributed by atoms with Gasteiger partial charge in [0.2, 0.25) is 0 Å². The highest BCUT2D eigenvalue weighted by molar-refractivity contribution is 8.03. The Morgan fingerprint density at radius 2 is 1.77 bits per heavy atom. The van der Waals surface area contributed by atoms with Crippen molar-refractivity contribution < 1.29 is 4.58 Å². The lowest BCUT2D eigenvalue weighted by atomic mass is 10.1. The van der Waals surface area contributed by atoms with Crippen molar-refractivity contribution >= 4 is 28.8 Å². The third kappa shape index (κ3) is 3.17. The Labute approximate surface area is 159 Å². The van der Waals surface area contributed by atoms with Crippen molar-refractivity contribution in [3.63, 3.8) is 0 Å². The summed E-state index contributed by atoms with van der Waals surface area (Å²) in [4.78, 5) is 5.29. The zero-order chi connectivity index (χ0) is 17.3. The van der Waals surface area contributed by atoms with Crippen molar-refractivity contribution in [2.75, 3.05) is 62.6 Å². The quantitative estimate of drug-likeness (QED) is 0.660. The molecule has 3 aliphatic heterocycles. The number of thioether (sulfide) groups is 1. The molecule has 1 aliphatic carbocycles. The average molecular weight is 369 g/mol. The van der Waals surface area contributed by atoms with Gasteiger partial charge in [-0.3, -0.25) is 0 Å². The molecule has 6 heteroatoms. The molecule has 3 N–H and O–H groups in total. The third-order valence-corrected chi connectivity index (χ3v) is 6.73. The fraction of sp³-hybridized carbons (Fsp3) is 0.450. The van der Waals surface area contributed by atoms with Gasteiger partial charge in [0.05, 0.1) is 25.2 Å². The molecule has 2 fully saturated rings. The Morgan fingerprint density at radius 1 is 0.962 bits per heavy atom. The number of piperazine rings is 2. The van der Waals surface area contributed by atoms with Gasteiger partial charge < -0.3 is 20.9 Å². The molecule has 5 rings (SSSR count). The first-order chi connectivity index (χ1) is 12.9. The Bertz CT molecular complexity index is 796. The van der Waals surface area contributed by atoms with E-state index in [1.807, 2.05) is 11.8 Å². The van der Waals surface area contributed by atoms with Gasteiger partial charge >= 0.3 is 0 Å². The average Bonchev–Trinajstić information content (AvgIpc) is 2.73. The normalized spacial score (nSPS) is 22.8. The lowest BCUT2D eigenvalue weighted by Gasteiger charge is -2.31. The second-order valence-corrected chi connectivity index (χ2v) is 8.36. The summed E-state index contributed by atoms with van der Waals surface area (Å²) in [6.07, 6.45) is 5.61. The van der Waals surface area contributed by atoms with E-state index in [1.54, 1.807) is 0 Å². The summed E-state index contributed by atoms with van der Waals surface area (Å²) in [5.41, 5.74) is 5.32. The Morgan fingerprint density at radius 3 is 2.62 bits per heavy atom. The number of nitrogens with one attached hydrogen (secondary N) is 3. The molecule has 2 saturated heterocycles. The summed E-state index contributed by atoms with van der Waals surface area (Å²) >= 11 is 1.95. The summed E-state index contributed by atoms with van der Waals surface area (Å²) in [5, 5.41) is 10.5. The molecule has 0 radical (unpaired) electrons. The van der Waals surface area contributed by atoms with Gasteiger partial charge in [-0.2, -0.15) is 0 Å². The van der Waals surface area contributed by atoms with Crippen LogP contribution in [0.4, 0.5) is 11.4 Å². The standard InChI is InChI=1S/C20H26N5S/c1-3-17-19(13-15(1)24-9-5-21-6-10-24)26-20-14-16(2-4-18(20)23-17)25-11-7-22-8-12-25/h1-4,13,21-23H,5-12,14H2/q+1. The van der Waals surface area contributed by atoms with Gasteiger partial charge in [0.25, 0.3) is 0 Å². The fourth-order valence-corrected chi connectivity index (χ4v) is 5.18. The van der Waals surface area contributed by atoms with Gasteiger partial charge in [0, 0.05) is 53.4 Å². The van der Waals surface area contributed by atoms with Crippen LogP contribution in [0.25, 0.3) is 0 Å². The highest BCUT2D eigenvalue weighted by Gasteiger charge is 2.26. The Hall–Kier alpha value is -1.76. The number of nitrogens with zero attached hydrogens (tertiary/aromatic N) is 2. The molecule has 26 heavy (non-hydrogen) atoms. The monoisotopic (exact) mass is 368 g/mol. The summed E-state index contributed by atoms with van der Waals surface area (Å²) in [5.74, 6) is 0. The highest BCUT2D eigenvalue weighted by atomic mass is 32.2. The first-order valence-corrected chi connectivity index (χ1v) is 10.5. The Kier molecular flexibility index (Phi) is 4.48. The molecule has 0 unspecified atom stereocenters. The van der Waals surface area contributed by atoms with Crippen LogP contribution in [-0.4, -0.2) is 62.6 Å². The van der Waals surface area contributed by atoms with Gasteiger partial charge in [-0.15, -0.1) is 0 Å². The minimum atomic E-state index is 1.04. The van der Waals surface area contributed by atoms with Crippen LogP contribution >= 0.6 is 11.8 Å². The summed E-state index contributed by atoms with van der Waals surface area (Å²) < 4.78 is 2.53. The number of allylic oxidation sites excluding steroid dienone is 3. The van der Waals surface area contributed by atoms with E-state index >= 15 is 0 Å². The van der Waals surface area contributed by atoms with E-state index in [1.165, 1.54) is 32.6 Å². The topological polar surface area (TPSA) is 42.3 Å². The number of hydrogen-bond donors (Lipinski definition) is 3. The van der Waals surface area contributed by atoms with E-state index in [-0.39, 0.29) is 0 Å². The van der Waals surface area contributed by atoms with E-state index in [9.17, 15) is 0 Å². The predicted molar refractivity (Wildman–Crippen MR) is 110 cm³/mol. The molecule has 5 nitrogen and oxygen atoms in total. The number of benzene rings is 1. The fourth-order valence-electron chi connectivity index (χ4n) is 4.06. The maximum atomic E-state index is 3.65. The second-order valence-electron chi connectivity index (χ2n) is 7.22. The van der Waals surface area contributed by atoms with Crippen LogP contribution in [0.3, 0.4) is 0 Å². The molecule has 0 saturated carbocycles. The van der Waals surface area contributed by atoms with Crippen LogP contribution in [0, 0.1) is 0 Å². The molecule has 0 amide bonds. The summed E-state index contributed by atoms with van der Waals surface area (Å²) in [6.45, 7) is 8.74. The van der Waals surface area contributed by atoms with Crippen molar-refractivity contribution in [3.8, 4) is 0 Å². The molecular weight excluding hydrogens is 342 g/mol. The highest BCUT2D eigenvalue weighted by Crippen LogP contribution is 2.44. The molecule has 3 heterocycles. The maximum absolute atomic E-state index is 3.65. The van der Waals surface area contributed by atoms with E-state index in [0.717, 1.165) is 58.8 Å². The van der Waals surface area contributed by atoms with Crippen LogP contribution in [0.1, 0.15) is 6.42 Å². The van der Waals surface area contributed by atoms with Crippen LogP contribution < -0.4 is 20.9 Å². The smallest absolute Gasteiger partial charge is 0.181 e. The van der Waals surface area contributed by atoms with Gasteiger partial charge in [0.1, 0.15) is 0 Å². The van der Waals surface area contributed by atoms with Gasteiger partial charge in [0.15, 0.2) is 18.8 Å². The van der Waals surface area contributed by atoms with Crippen molar-refractivity contribution in [2.24, 2.45) is 0 Å². The van der Waals surface area contributed by atoms with Crippen LogP contribution in [0.5, 0.6) is 0 Å². The van der Waals surface area contributed by atoms with Crippen LogP contribution in [0.2, 0.25) is 0 Å². The second kappa shape index (κ2) is 7.10. The minimum absolute atomic E-state index is 1.04. The molecule has 1 aromatic rings. The first-order valence-electron chi connectivity index (χ1n) is 9.64. The predicted octanol–water partition coefficient (Wildman–Crippen LogP) is 1.84. The van der Waals surface area contributed by atoms with Gasteiger partial charge in [-0.05, 0) is 24.3 Å². The summed E-state index contributed by atoms with van der Waals surface area (Å²) in [6, 6.07) is 6.87. The molecule has 0 aromatic heterocycles. The lowest BCUT2D eigenvalue weighted by molar-refractivity contribution is -0.532. The first kappa shape index (κ1) is 16.4. The Balaban J connectivity index is 1.38. The van der Waals surface area contributed by atoms with E-state index in [4.69, 9.17) is 0 Å². The molecule has 4 aliphatic rings. The number of anilines is 2. The molecular formula is C20H26N5S+. The molecule has 0 bridgehead atoms. The van der Waals surface area contributed by atoms with Crippen molar-refractivity contribution in [2.45, 2.75) is 11.3 Å². The lowest BCUT2D eigenvalue weighted by Crippen LogP contribution is -2.43. The van der Waals surface area contributed by atoms with Crippen LogP contribution in [0.15, 0.2) is 45.8 Å². The summed E-state index contributed by atoms with van der Waals surface area (Å²) in [7, 11) is 0.